The van der Waals surface area contributed by atoms with Gasteiger partial charge < -0.3 is 10.5 Å². The van der Waals surface area contributed by atoms with Crippen LogP contribution >= 0.6 is 27.3 Å². The van der Waals surface area contributed by atoms with Crippen LogP contribution in [-0.4, -0.2) is 13.7 Å². The fourth-order valence-electron chi connectivity index (χ4n) is 0.779. The number of thiophene rings is 1. The van der Waals surface area contributed by atoms with Gasteiger partial charge in [0.25, 0.3) is 0 Å². The minimum absolute atomic E-state index is 0.0100. The van der Waals surface area contributed by atoms with Crippen LogP contribution in [0, 0.1) is 0 Å². The molecule has 1 atom stereocenters. The van der Waals surface area contributed by atoms with Crippen molar-refractivity contribution in [3.63, 3.8) is 0 Å². The molecule has 5 heteroatoms. The highest BCUT2D eigenvalue weighted by molar-refractivity contribution is 9.10. The maximum absolute atomic E-state index is 13.0. The molecule has 0 amide bonds. The van der Waals surface area contributed by atoms with Gasteiger partial charge in [0.05, 0.1) is 11.6 Å². The van der Waals surface area contributed by atoms with E-state index in [2.05, 4.69) is 15.9 Å². The molecule has 1 rings (SSSR count). The summed E-state index contributed by atoms with van der Waals surface area (Å²) < 4.78 is 18.8. The first kappa shape index (κ1) is 9.95. The van der Waals surface area contributed by atoms with Gasteiger partial charge in [0.15, 0.2) is 5.06 Å². The average molecular weight is 254 g/mol. The molecule has 0 saturated carbocycles. The summed E-state index contributed by atoms with van der Waals surface area (Å²) in [6, 6.07) is 1.70. The summed E-state index contributed by atoms with van der Waals surface area (Å²) in [7, 11) is 1.55. The number of methoxy groups -OCH3 is 1. The fourth-order valence-corrected chi connectivity index (χ4v) is 2.44. The van der Waals surface area contributed by atoms with Crippen molar-refractivity contribution in [3.05, 3.63) is 15.4 Å². The van der Waals surface area contributed by atoms with E-state index in [1.807, 2.05) is 0 Å². The number of alkyl halides is 1. The highest BCUT2D eigenvalue weighted by Gasteiger charge is 2.14. The summed E-state index contributed by atoms with van der Waals surface area (Å²) in [6.07, 6.45) is -1.09. The van der Waals surface area contributed by atoms with E-state index >= 15 is 0 Å². The molecule has 12 heavy (non-hydrogen) atoms. The lowest BCUT2D eigenvalue weighted by molar-refractivity contribution is 0.358. The zero-order valence-electron chi connectivity index (χ0n) is 6.51. The van der Waals surface area contributed by atoms with Crippen molar-refractivity contribution in [2.24, 2.45) is 5.73 Å². The normalized spacial score (nSPS) is 13.0. The third-order valence-electron chi connectivity index (χ3n) is 1.38. The molecule has 1 aromatic heterocycles. The molecule has 0 aliphatic carbocycles. The SMILES string of the molecule is COc1sc(C(F)CN)cc1Br. The van der Waals surface area contributed by atoms with Gasteiger partial charge in [-0.2, -0.15) is 0 Å². The van der Waals surface area contributed by atoms with Gasteiger partial charge >= 0.3 is 0 Å². The molecule has 0 fully saturated rings. The second-order valence-electron chi connectivity index (χ2n) is 2.19. The number of hydrogen-bond acceptors (Lipinski definition) is 3. The Morgan fingerprint density at radius 2 is 2.50 bits per heavy atom. The molecule has 1 heterocycles. The number of halogens is 2. The van der Waals surface area contributed by atoms with Gasteiger partial charge in [-0.1, -0.05) is 11.3 Å². The second-order valence-corrected chi connectivity index (χ2v) is 4.09. The van der Waals surface area contributed by atoms with Gasteiger partial charge in [-0.3, -0.25) is 0 Å². The van der Waals surface area contributed by atoms with Crippen molar-refractivity contribution >= 4 is 27.3 Å². The van der Waals surface area contributed by atoms with Crippen molar-refractivity contribution in [1.29, 1.82) is 0 Å². The largest absolute Gasteiger partial charge is 0.486 e. The van der Waals surface area contributed by atoms with Crippen LogP contribution in [0.3, 0.4) is 0 Å². The molecule has 1 unspecified atom stereocenters. The summed E-state index contributed by atoms with van der Waals surface area (Å²) in [5, 5.41) is 0.682. The predicted octanol–water partition coefficient (Wildman–Crippen LogP) is 2.49. The lowest BCUT2D eigenvalue weighted by Gasteiger charge is -1.98. The molecule has 0 aromatic carbocycles. The third-order valence-corrected chi connectivity index (χ3v) is 3.41. The Hall–Kier alpha value is -0.130. The Bertz CT molecular complexity index is 266. The van der Waals surface area contributed by atoms with Crippen molar-refractivity contribution in [2.45, 2.75) is 6.17 Å². The first-order valence-electron chi connectivity index (χ1n) is 3.36. The lowest BCUT2D eigenvalue weighted by atomic mass is 10.3. The monoisotopic (exact) mass is 253 g/mol. The van der Waals surface area contributed by atoms with Crippen LogP contribution in [-0.2, 0) is 0 Å². The zero-order valence-corrected chi connectivity index (χ0v) is 8.91. The van der Waals surface area contributed by atoms with E-state index in [0.717, 1.165) is 4.47 Å². The molecule has 0 radical (unpaired) electrons. The van der Waals surface area contributed by atoms with E-state index in [4.69, 9.17) is 10.5 Å². The second kappa shape index (κ2) is 4.20. The van der Waals surface area contributed by atoms with Gasteiger partial charge in [-0.25, -0.2) is 4.39 Å². The van der Waals surface area contributed by atoms with Crippen LogP contribution in [0.15, 0.2) is 10.5 Å². The Morgan fingerprint density at radius 3 is 2.92 bits per heavy atom. The first-order valence-corrected chi connectivity index (χ1v) is 4.97. The van der Waals surface area contributed by atoms with Crippen LogP contribution < -0.4 is 10.5 Å². The third kappa shape index (κ3) is 1.97. The maximum atomic E-state index is 13.0. The van der Waals surface area contributed by atoms with Crippen molar-refractivity contribution < 1.29 is 9.13 Å². The van der Waals surface area contributed by atoms with Crippen LogP contribution in [0.4, 0.5) is 4.39 Å². The van der Waals surface area contributed by atoms with E-state index in [0.29, 0.717) is 9.94 Å². The molecule has 1 aromatic rings. The van der Waals surface area contributed by atoms with E-state index in [1.165, 1.54) is 11.3 Å². The van der Waals surface area contributed by atoms with Crippen molar-refractivity contribution in [3.8, 4) is 5.06 Å². The molecule has 0 aliphatic rings. The molecule has 0 spiro atoms. The maximum Gasteiger partial charge on any atom is 0.188 e. The minimum atomic E-state index is -1.09. The van der Waals surface area contributed by atoms with Gasteiger partial charge in [0.1, 0.15) is 6.17 Å². The summed E-state index contributed by atoms with van der Waals surface area (Å²) in [4.78, 5) is 0.598. The van der Waals surface area contributed by atoms with Gasteiger partial charge in [0.2, 0.25) is 0 Å². The minimum Gasteiger partial charge on any atom is -0.486 e. The molecule has 0 saturated heterocycles. The van der Waals surface area contributed by atoms with E-state index in [-0.39, 0.29) is 6.54 Å². The standard InChI is InChI=1S/C7H9BrFNOS/c1-11-7-4(8)2-6(12-7)5(9)3-10/h2,5H,3,10H2,1H3. The summed E-state index contributed by atoms with van der Waals surface area (Å²) in [5.41, 5.74) is 5.18. The van der Waals surface area contributed by atoms with Crippen LogP contribution in [0.1, 0.15) is 11.0 Å². The average Bonchev–Trinajstić information content (AvgIpc) is 2.45. The Kier molecular flexibility index (Phi) is 3.49. The highest BCUT2D eigenvalue weighted by Crippen LogP contribution is 2.38. The van der Waals surface area contributed by atoms with Crippen molar-refractivity contribution in [1.82, 2.24) is 0 Å². The molecule has 0 bridgehead atoms. The predicted molar refractivity (Wildman–Crippen MR) is 51.5 cm³/mol. The topological polar surface area (TPSA) is 35.2 Å². The van der Waals surface area contributed by atoms with Crippen LogP contribution in [0.2, 0.25) is 0 Å². The van der Waals surface area contributed by atoms with Gasteiger partial charge in [-0.05, 0) is 22.0 Å². The number of ether oxygens (including phenoxy) is 1. The smallest absolute Gasteiger partial charge is 0.188 e. The molecule has 2 nitrogen and oxygen atoms in total. The van der Waals surface area contributed by atoms with E-state index < -0.39 is 6.17 Å². The Morgan fingerprint density at radius 1 is 1.83 bits per heavy atom. The summed E-state index contributed by atoms with van der Waals surface area (Å²) in [6.45, 7) is 0.0100. The first-order chi connectivity index (χ1) is 5.69. The van der Waals surface area contributed by atoms with Gasteiger partial charge in [0, 0.05) is 11.4 Å². The molecular formula is C7H9BrFNOS. The quantitative estimate of drug-likeness (QED) is 0.899. The number of rotatable bonds is 3. The van der Waals surface area contributed by atoms with Crippen molar-refractivity contribution in [2.75, 3.05) is 13.7 Å². The van der Waals surface area contributed by atoms with E-state index in [1.54, 1.807) is 13.2 Å². The zero-order chi connectivity index (χ0) is 9.14. The summed E-state index contributed by atoms with van der Waals surface area (Å²) >= 11 is 4.52. The van der Waals surface area contributed by atoms with Crippen LogP contribution in [0.25, 0.3) is 0 Å². The van der Waals surface area contributed by atoms with E-state index in [9.17, 15) is 4.39 Å². The highest BCUT2D eigenvalue weighted by atomic mass is 79.9. The molecule has 0 aliphatic heterocycles. The summed E-state index contributed by atoms with van der Waals surface area (Å²) in [5.74, 6) is 0. The van der Waals surface area contributed by atoms with Gasteiger partial charge in [-0.15, -0.1) is 0 Å². The molecule has 68 valence electrons. The number of nitrogens with two attached hydrogens (primary N) is 1. The Labute approximate surface area is 82.7 Å². The Balaban J connectivity index is 2.88. The number of hydrogen-bond donors (Lipinski definition) is 1. The fraction of sp³-hybridized carbons (Fsp3) is 0.429. The lowest BCUT2D eigenvalue weighted by Crippen LogP contribution is -2.05. The van der Waals surface area contributed by atoms with Crippen LogP contribution in [0.5, 0.6) is 5.06 Å². The molecular weight excluding hydrogens is 245 g/mol. The molecule has 2 N–H and O–H groups in total.